The van der Waals surface area contributed by atoms with Crippen molar-refractivity contribution in [2.24, 2.45) is 0 Å². The SMILES string of the molecule is CCCCCCCCCCCCCCCCCCCCCCOC(=O)CCc1cccn1CC(=O)OC. The summed E-state index contributed by atoms with van der Waals surface area (Å²) in [5.74, 6) is -0.455. The Morgan fingerprint density at radius 2 is 1.14 bits per heavy atom. The van der Waals surface area contributed by atoms with Crippen LogP contribution in [0, 0.1) is 0 Å². The molecule has 0 spiro atoms. The van der Waals surface area contributed by atoms with Crippen LogP contribution >= 0.6 is 0 Å². The Balaban J connectivity index is 1.80. The number of carbonyl (C=O) groups is 2. The van der Waals surface area contributed by atoms with E-state index in [1.807, 2.05) is 22.9 Å². The molecular weight excluding hydrogens is 462 g/mol. The minimum absolute atomic E-state index is 0.163. The fourth-order valence-electron chi connectivity index (χ4n) is 4.88. The van der Waals surface area contributed by atoms with Gasteiger partial charge in [0.15, 0.2) is 0 Å². The second-order valence-corrected chi connectivity index (χ2v) is 10.6. The Hall–Kier alpha value is -1.78. The molecule has 1 aromatic rings. The molecule has 0 aliphatic carbocycles. The summed E-state index contributed by atoms with van der Waals surface area (Å²) < 4.78 is 11.9. The number of aromatic nitrogens is 1. The average molecular weight is 520 g/mol. The molecule has 0 aromatic carbocycles. The largest absolute Gasteiger partial charge is 0.468 e. The number of rotatable bonds is 26. The van der Waals surface area contributed by atoms with E-state index in [4.69, 9.17) is 9.47 Å². The quantitative estimate of drug-likeness (QED) is 0.0905. The van der Waals surface area contributed by atoms with Gasteiger partial charge < -0.3 is 14.0 Å². The Kier molecular flexibility index (Phi) is 22.1. The number of ether oxygens (including phenoxy) is 2. The number of nitrogens with zero attached hydrogens (tertiary/aromatic N) is 1. The molecule has 1 aromatic heterocycles. The zero-order valence-electron chi connectivity index (χ0n) is 24.3. The van der Waals surface area contributed by atoms with Crippen LogP contribution in [-0.2, 0) is 32.0 Å². The smallest absolute Gasteiger partial charge is 0.325 e. The van der Waals surface area contributed by atoms with E-state index in [1.165, 1.54) is 123 Å². The van der Waals surface area contributed by atoms with Crippen LogP contribution in [0.3, 0.4) is 0 Å². The number of methoxy groups -OCH3 is 1. The maximum atomic E-state index is 12.0. The third-order valence-corrected chi connectivity index (χ3v) is 7.30. The summed E-state index contributed by atoms with van der Waals surface area (Å²) in [7, 11) is 1.38. The predicted molar refractivity (Wildman–Crippen MR) is 154 cm³/mol. The standard InChI is InChI=1S/C32H57NO4/c1-3-4-5-6-7-8-9-10-11-12-13-14-15-16-17-18-19-20-21-22-28-37-31(34)26-25-30-24-23-27-33(30)29-32(35)36-2/h23-24,27H,3-22,25-26,28-29H2,1-2H3. The van der Waals surface area contributed by atoms with E-state index in [0.29, 0.717) is 19.4 Å². The van der Waals surface area contributed by atoms with Crippen molar-refractivity contribution in [3.63, 3.8) is 0 Å². The monoisotopic (exact) mass is 519 g/mol. The molecule has 214 valence electrons. The van der Waals surface area contributed by atoms with Gasteiger partial charge >= 0.3 is 11.9 Å². The minimum atomic E-state index is -0.292. The maximum absolute atomic E-state index is 12.0. The molecule has 5 nitrogen and oxygen atoms in total. The molecular formula is C32H57NO4. The van der Waals surface area contributed by atoms with Gasteiger partial charge in [-0.2, -0.15) is 0 Å². The van der Waals surface area contributed by atoms with E-state index in [9.17, 15) is 9.59 Å². The number of carbonyl (C=O) groups excluding carboxylic acids is 2. The second kappa shape index (κ2) is 24.6. The Bertz CT molecular complexity index is 670. The highest BCUT2D eigenvalue weighted by molar-refractivity contribution is 5.70. The Labute approximate surface area is 228 Å². The molecule has 0 bridgehead atoms. The van der Waals surface area contributed by atoms with Crippen LogP contribution in [0.2, 0.25) is 0 Å². The van der Waals surface area contributed by atoms with Gasteiger partial charge in [-0.15, -0.1) is 0 Å². The normalized spacial score (nSPS) is 11.1. The van der Waals surface area contributed by atoms with Crippen LogP contribution in [0.1, 0.15) is 147 Å². The van der Waals surface area contributed by atoms with Crippen LogP contribution in [0.15, 0.2) is 18.3 Å². The molecule has 0 saturated heterocycles. The lowest BCUT2D eigenvalue weighted by molar-refractivity contribution is -0.143. The van der Waals surface area contributed by atoms with E-state index in [0.717, 1.165) is 18.5 Å². The Morgan fingerprint density at radius 3 is 1.59 bits per heavy atom. The van der Waals surface area contributed by atoms with Crippen molar-refractivity contribution in [1.82, 2.24) is 4.57 Å². The molecule has 0 amide bonds. The summed E-state index contributed by atoms with van der Waals surface area (Å²) in [6.07, 6.45) is 30.0. The van der Waals surface area contributed by atoms with Crippen LogP contribution in [0.25, 0.3) is 0 Å². The number of esters is 2. The molecule has 0 fully saturated rings. The van der Waals surface area contributed by atoms with Gasteiger partial charge in [0.1, 0.15) is 6.54 Å². The van der Waals surface area contributed by atoms with Crippen LogP contribution in [-0.4, -0.2) is 30.2 Å². The fraction of sp³-hybridized carbons (Fsp3) is 0.812. The lowest BCUT2D eigenvalue weighted by Crippen LogP contribution is -2.14. The molecule has 0 saturated carbocycles. The lowest BCUT2D eigenvalue weighted by Gasteiger charge is -2.08. The summed E-state index contributed by atoms with van der Waals surface area (Å²) in [6.45, 7) is 2.97. The van der Waals surface area contributed by atoms with Crippen molar-refractivity contribution in [3.05, 3.63) is 24.0 Å². The Morgan fingerprint density at radius 1 is 0.676 bits per heavy atom. The van der Waals surface area contributed by atoms with E-state index < -0.39 is 0 Å². The van der Waals surface area contributed by atoms with E-state index in [2.05, 4.69) is 6.92 Å². The maximum Gasteiger partial charge on any atom is 0.325 e. The van der Waals surface area contributed by atoms with Gasteiger partial charge in [-0.05, 0) is 25.0 Å². The molecule has 0 aliphatic rings. The van der Waals surface area contributed by atoms with E-state index in [1.54, 1.807) is 0 Å². The predicted octanol–water partition coefficient (Wildman–Crippen LogP) is 8.96. The summed E-state index contributed by atoms with van der Waals surface area (Å²) in [5, 5.41) is 0. The summed E-state index contributed by atoms with van der Waals surface area (Å²) in [5.41, 5.74) is 0.946. The van der Waals surface area contributed by atoms with Gasteiger partial charge in [0.2, 0.25) is 0 Å². The van der Waals surface area contributed by atoms with E-state index >= 15 is 0 Å². The van der Waals surface area contributed by atoms with E-state index in [-0.39, 0.29) is 18.5 Å². The number of unbranched alkanes of at least 4 members (excludes halogenated alkanes) is 19. The van der Waals surface area contributed by atoms with Crippen molar-refractivity contribution in [1.29, 1.82) is 0 Å². The molecule has 0 radical (unpaired) electrons. The lowest BCUT2D eigenvalue weighted by atomic mass is 10.0. The molecule has 1 heterocycles. The molecule has 0 unspecified atom stereocenters. The zero-order valence-corrected chi connectivity index (χ0v) is 24.3. The molecule has 37 heavy (non-hydrogen) atoms. The number of aryl methyl sites for hydroxylation is 1. The van der Waals surface area contributed by atoms with Crippen molar-refractivity contribution in [2.75, 3.05) is 13.7 Å². The first kappa shape index (κ1) is 33.2. The number of hydrogen-bond donors (Lipinski definition) is 0. The summed E-state index contributed by atoms with van der Waals surface area (Å²) in [4.78, 5) is 23.4. The fourth-order valence-corrected chi connectivity index (χ4v) is 4.88. The van der Waals surface area contributed by atoms with Gasteiger partial charge in [-0.1, -0.05) is 129 Å². The minimum Gasteiger partial charge on any atom is -0.468 e. The topological polar surface area (TPSA) is 57.5 Å². The molecule has 5 heteroatoms. The zero-order chi connectivity index (χ0) is 26.8. The van der Waals surface area contributed by atoms with Crippen molar-refractivity contribution in [2.45, 2.75) is 155 Å². The first-order chi connectivity index (χ1) is 18.2. The average Bonchev–Trinajstić information content (AvgIpc) is 3.34. The van der Waals surface area contributed by atoms with Crippen molar-refractivity contribution in [3.8, 4) is 0 Å². The van der Waals surface area contributed by atoms with Crippen LogP contribution in [0.5, 0.6) is 0 Å². The highest BCUT2D eigenvalue weighted by Gasteiger charge is 2.09. The van der Waals surface area contributed by atoms with Gasteiger partial charge in [0.25, 0.3) is 0 Å². The second-order valence-electron chi connectivity index (χ2n) is 10.6. The van der Waals surface area contributed by atoms with Crippen LogP contribution in [0.4, 0.5) is 0 Å². The molecule has 0 N–H and O–H groups in total. The van der Waals surface area contributed by atoms with Gasteiger partial charge in [-0.25, -0.2) is 0 Å². The van der Waals surface area contributed by atoms with Crippen molar-refractivity contribution >= 4 is 11.9 Å². The molecule has 1 rings (SSSR count). The summed E-state index contributed by atoms with van der Waals surface area (Å²) in [6, 6.07) is 3.80. The highest BCUT2D eigenvalue weighted by atomic mass is 16.5. The molecule has 0 atom stereocenters. The third kappa shape index (κ3) is 19.9. The first-order valence-electron chi connectivity index (χ1n) is 15.5. The van der Waals surface area contributed by atoms with Gasteiger partial charge in [-0.3, -0.25) is 9.59 Å². The summed E-state index contributed by atoms with van der Waals surface area (Å²) >= 11 is 0. The van der Waals surface area contributed by atoms with Gasteiger partial charge in [0, 0.05) is 11.9 Å². The highest BCUT2D eigenvalue weighted by Crippen LogP contribution is 2.15. The third-order valence-electron chi connectivity index (χ3n) is 7.30. The number of hydrogen-bond acceptors (Lipinski definition) is 4. The molecule has 0 aliphatic heterocycles. The van der Waals surface area contributed by atoms with Crippen molar-refractivity contribution < 1.29 is 19.1 Å². The van der Waals surface area contributed by atoms with Crippen LogP contribution < -0.4 is 0 Å². The van der Waals surface area contributed by atoms with Gasteiger partial charge in [0.05, 0.1) is 20.1 Å². The first-order valence-corrected chi connectivity index (χ1v) is 15.5.